The largest absolute Gasteiger partial charge is 0.460 e. The minimum Gasteiger partial charge on any atom is -0.327 e. The summed E-state index contributed by atoms with van der Waals surface area (Å²) in [4.78, 5) is 7.06. The minimum absolute atomic E-state index is 0.0331. The van der Waals surface area contributed by atoms with Crippen LogP contribution in [-0.2, 0) is 16.9 Å². The first-order valence-electron chi connectivity index (χ1n) is 9.90. The summed E-state index contributed by atoms with van der Waals surface area (Å²) in [5, 5.41) is 0. The van der Waals surface area contributed by atoms with E-state index in [9.17, 15) is 52.3 Å². The summed E-state index contributed by atoms with van der Waals surface area (Å²) in [5.74, 6) is -22.0. The number of nitrogens with zero attached hydrogens (tertiary/aromatic N) is 3. The zero-order chi connectivity index (χ0) is 26.8. The smallest absolute Gasteiger partial charge is 0.327 e. The zero-order valence-corrected chi connectivity index (χ0v) is 18.7. The third-order valence-corrected chi connectivity index (χ3v) is 7.36. The molecular weight excluding hydrogens is 524 g/mol. The predicted octanol–water partition coefficient (Wildman–Crippen LogP) is 5.63. The van der Waals surface area contributed by atoms with Crippen LogP contribution in [0.1, 0.15) is 43.1 Å². The van der Waals surface area contributed by atoms with Gasteiger partial charge in [0, 0.05) is 13.2 Å². The Morgan fingerprint density at radius 2 is 1.57 bits per heavy atom. The quantitative estimate of drug-likeness (QED) is 0.407. The molecular formula is C19H17F10N3O2S. The Balaban J connectivity index is 2.10. The summed E-state index contributed by atoms with van der Waals surface area (Å²) < 4.78 is 159. The van der Waals surface area contributed by atoms with Crippen molar-refractivity contribution in [1.82, 2.24) is 14.5 Å². The first-order chi connectivity index (χ1) is 15.8. The summed E-state index contributed by atoms with van der Waals surface area (Å²) in [5.41, 5.74) is -1.43. The Kier molecular flexibility index (Phi) is 6.48. The fourth-order valence-electron chi connectivity index (χ4n) is 3.27. The lowest BCUT2D eigenvalue weighted by atomic mass is 9.98. The number of sulfone groups is 1. The van der Waals surface area contributed by atoms with E-state index in [1.807, 2.05) is 0 Å². The second kappa shape index (κ2) is 8.34. The van der Waals surface area contributed by atoms with E-state index in [2.05, 4.69) is 9.97 Å². The van der Waals surface area contributed by atoms with Crippen molar-refractivity contribution < 1.29 is 52.3 Å². The van der Waals surface area contributed by atoms with Crippen LogP contribution < -0.4 is 0 Å². The second-order valence-corrected chi connectivity index (χ2v) is 10.2. The molecule has 1 saturated carbocycles. The summed E-state index contributed by atoms with van der Waals surface area (Å²) in [6.07, 6.45) is -8.50. The maximum atomic E-state index is 14.6. The van der Waals surface area contributed by atoms with Crippen LogP contribution in [0.5, 0.6) is 0 Å². The van der Waals surface area contributed by atoms with E-state index in [0.29, 0.717) is 10.1 Å². The summed E-state index contributed by atoms with van der Waals surface area (Å²) >= 11 is 0. The summed E-state index contributed by atoms with van der Waals surface area (Å²) in [7, 11) is -3.26. The average molecular weight is 541 g/mol. The molecule has 2 aromatic heterocycles. The maximum Gasteiger partial charge on any atom is 0.460 e. The van der Waals surface area contributed by atoms with Gasteiger partial charge in [0.1, 0.15) is 5.69 Å². The lowest BCUT2D eigenvalue weighted by Crippen LogP contribution is -2.62. The average Bonchev–Trinajstić information content (AvgIpc) is 3.54. The van der Waals surface area contributed by atoms with Crippen LogP contribution in [0.15, 0.2) is 23.4 Å². The van der Waals surface area contributed by atoms with E-state index in [1.54, 1.807) is 0 Å². The van der Waals surface area contributed by atoms with Crippen molar-refractivity contribution in [3.8, 4) is 11.5 Å². The minimum atomic E-state index is -7.27. The molecule has 16 heteroatoms. The van der Waals surface area contributed by atoms with Crippen LogP contribution in [0.2, 0.25) is 0 Å². The number of hydrogen-bond donors (Lipinski definition) is 0. The van der Waals surface area contributed by atoms with Gasteiger partial charge in [0.15, 0.2) is 15.7 Å². The Labute approximate surface area is 192 Å². The lowest BCUT2D eigenvalue weighted by Gasteiger charge is -2.35. The summed E-state index contributed by atoms with van der Waals surface area (Å²) in [6.45, 7) is 1.29. The molecule has 1 fully saturated rings. The normalized spacial score (nSPS) is 17.0. The van der Waals surface area contributed by atoms with Crippen molar-refractivity contribution in [3.63, 3.8) is 0 Å². The summed E-state index contributed by atoms with van der Waals surface area (Å²) in [6, 6.07) is 1.26. The molecule has 2 heterocycles. The monoisotopic (exact) mass is 541 g/mol. The molecule has 0 radical (unpaired) electrons. The molecule has 1 aliphatic carbocycles. The number of pyridine rings is 1. The van der Waals surface area contributed by atoms with E-state index in [0.717, 1.165) is 19.9 Å². The molecule has 0 spiro atoms. The van der Waals surface area contributed by atoms with Crippen LogP contribution >= 0.6 is 0 Å². The topological polar surface area (TPSA) is 64.8 Å². The van der Waals surface area contributed by atoms with Gasteiger partial charge in [0.2, 0.25) is 6.17 Å². The van der Waals surface area contributed by atoms with Gasteiger partial charge >= 0.3 is 23.9 Å². The molecule has 0 bridgehead atoms. The van der Waals surface area contributed by atoms with Gasteiger partial charge in [-0.25, -0.2) is 17.8 Å². The van der Waals surface area contributed by atoms with Crippen molar-refractivity contribution in [2.24, 2.45) is 7.05 Å². The Bertz CT molecular complexity index is 1220. The Morgan fingerprint density at radius 3 is 2.06 bits per heavy atom. The standard InChI is InChI=1S/C19H17F10N3O2S/c1-3-35(33,34)12-6-10(9-4-5-9)7-30-13(12)15-31-8-11(32(15)2)14(20)16(21,22)17(23,24)18(25,26)19(27,28)29/h6-9,14H,3-5H2,1-2H3/t14-/m1/s1. The number of alkyl halides is 10. The van der Waals surface area contributed by atoms with E-state index in [4.69, 9.17) is 0 Å². The molecule has 5 nitrogen and oxygen atoms in total. The first kappa shape index (κ1) is 27.2. The Hall–Kier alpha value is -2.39. The number of imidazole rings is 1. The van der Waals surface area contributed by atoms with Gasteiger partial charge in [-0.2, -0.15) is 39.5 Å². The van der Waals surface area contributed by atoms with Crippen LogP contribution in [0, 0.1) is 0 Å². The highest BCUT2D eigenvalue weighted by Gasteiger charge is 2.83. The van der Waals surface area contributed by atoms with E-state index in [1.165, 1.54) is 19.2 Å². The van der Waals surface area contributed by atoms with Gasteiger partial charge in [-0.3, -0.25) is 4.98 Å². The molecule has 0 N–H and O–H groups in total. The third-order valence-electron chi connectivity index (χ3n) is 5.62. The molecule has 3 rings (SSSR count). The number of halogens is 10. The molecule has 2 aromatic rings. The molecule has 196 valence electrons. The van der Waals surface area contributed by atoms with Gasteiger partial charge in [0.05, 0.1) is 22.5 Å². The number of hydrogen-bond acceptors (Lipinski definition) is 4. The predicted molar refractivity (Wildman–Crippen MR) is 101 cm³/mol. The van der Waals surface area contributed by atoms with Gasteiger partial charge in [-0.1, -0.05) is 6.92 Å². The van der Waals surface area contributed by atoms with Crippen molar-refractivity contribution in [2.45, 2.75) is 60.7 Å². The first-order valence-corrected chi connectivity index (χ1v) is 11.5. The number of aromatic nitrogens is 3. The van der Waals surface area contributed by atoms with Gasteiger partial charge in [-0.15, -0.1) is 0 Å². The molecule has 0 unspecified atom stereocenters. The van der Waals surface area contributed by atoms with Crippen molar-refractivity contribution >= 4 is 9.84 Å². The van der Waals surface area contributed by atoms with Crippen LogP contribution in [0.3, 0.4) is 0 Å². The second-order valence-electron chi connectivity index (χ2n) is 7.99. The number of rotatable bonds is 8. The molecule has 0 amide bonds. The fourth-order valence-corrected chi connectivity index (χ4v) is 4.34. The SMILES string of the molecule is CCS(=O)(=O)c1cc(C2CC2)cnc1-c1ncc([C@@H](F)C(F)(F)C(F)(F)C(F)(F)C(F)(F)F)n1C. The molecule has 35 heavy (non-hydrogen) atoms. The Morgan fingerprint density at radius 1 is 1.00 bits per heavy atom. The van der Waals surface area contributed by atoms with Crippen LogP contribution in [0.25, 0.3) is 11.5 Å². The van der Waals surface area contributed by atoms with Crippen LogP contribution in [-0.4, -0.2) is 52.6 Å². The van der Waals surface area contributed by atoms with Crippen molar-refractivity contribution in [2.75, 3.05) is 5.75 Å². The highest BCUT2D eigenvalue weighted by atomic mass is 32.2. The molecule has 1 atom stereocenters. The molecule has 1 aliphatic rings. The zero-order valence-electron chi connectivity index (χ0n) is 17.9. The van der Waals surface area contributed by atoms with Crippen LogP contribution in [0.4, 0.5) is 43.9 Å². The van der Waals surface area contributed by atoms with Gasteiger partial charge in [-0.05, 0) is 30.4 Å². The van der Waals surface area contributed by atoms with Gasteiger partial charge < -0.3 is 4.57 Å². The molecule has 0 saturated heterocycles. The van der Waals surface area contributed by atoms with Crippen molar-refractivity contribution in [1.29, 1.82) is 0 Å². The third kappa shape index (κ3) is 4.27. The molecule has 0 aromatic carbocycles. The lowest BCUT2D eigenvalue weighted by molar-refractivity contribution is -0.403. The highest BCUT2D eigenvalue weighted by Crippen LogP contribution is 2.57. The fraction of sp³-hybridized carbons (Fsp3) is 0.579. The molecule has 0 aliphatic heterocycles. The van der Waals surface area contributed by atoms with E-state index < -0.39 is 67.8 Å². The van der Waals surface area contributed by atoms with E-state index >= 15 is 0 Å². The highest BCUT2D eigenvalue weighted by molar-refractivity contribution is 7.91. The van der Waals surface area contributed by atoms with E-state index in [-0.39, 0.29) is 12.1 Å². The van der Waals surface area contributed by atoms with Gasteiger partial charge in [0.25, 0.3) is 0 Å². The van der Waals surface area contributed by atoms with Crippen molar-refractivity contribution in [3.05, 3.63) is 29.7 Å². The maximum absolute atomic E-state index is 14.6.